The van der Waals surface area contributed by atoms with E-state index in [9.17, 15) is 9.18 Å². The largest absolute Gasteiger partial charge is 0.465 e. The Hall–Kier alpha value is -1.10. The molecule has 3 nitrogen and oxygen atoms in total. The smallest absolute Gasteiger partial charge is 0.340 e. The Balaban J connectivity index is 0. The van der Waals surface area contributed by atoms with E-state index >= 15 is 0 Å². The number of benzene rings is 1. The molecule has 0 heterocycles. The second-order valence-electron chi connectivity index (χ2n) is 2.99. The van der Waals surface area contributed by atoms with Crippen molar-refractivity contribution in [1.82, 2.24) is 0 Å². The predicted molar refractivity (Wildman–Crippen MR) is 82.4 cm³/mol. The molecule has 0 fully saturated rings. The van der Waals surface area contributed by atoms with Crippen LogP contribution in [0.25, 0.3) is 0 Å². The van der Waals surface area contributed by atoms with Crippen LogP contribution in [0, 0.1) is 12.7 Å². The maximum atomic E-state index is 13.7. The van der Waals surface area contributed by atoms with Gasteiger partial charge in [0, 0.05) is 7.05 Å². The van der Waals surface area contributed by atoms with Crippen molar-refractivity contribution in [3.05, 3.63) is 27.5 Å². The number of nitrogens with one attached hydrogen (secondary N) is 1. The average Bonchev–Trinajstić information content (AvgIpc) is 2.47. The molecule has 0 saturated carbocycles. The summed E-state index contributed by atoms with van der Waals surface area (Å²) in [7, 11) is 2.81. The minimum atomic E-state index is -0.561. The number of esters is 1. The zero-order valence-electron chi connectivity index (χ0n) is 12.6. The van der Waals surface area contributed by atoms with Crippen LogP contribution < -0.4 is 5.32 Å². The molecule has 1 aromatic carbocycles. The molecular formula is C14H23BrFNO2. The lowest BCUT2D eigenvalue weighted by molar-refractivity contribution is 0.0601. The number of aryl methyl sites for hydroxylation is 1. The summed E-state index contributed by atoms with van der Waals surface area (Å²) in [6, 6.07) is 1.57. The van der Waals surface area contributed by atoms with E-state index < -0.39 is 11.8 Å². The van der Waals surface area contributed by atoms with Gasteiger partial charge in [-0.3, -0.25) is 0 Å². The predicted octanol–water partition coefficient (Wildman–Crippen LogP) is 4.78. The quantitative estimate of drug-likeness (QED) is 0.790. The Morgan fingerprint density at radius 2 is 1.79 bits per heavy atom. The van der Waals surface area contributed by atoms with Crippen LogP contribution in [-0.2, 0) is 4.74 Å². The fraction of sp³-hybridized carbons (Fsp3) is 0.500. The second-order valence-corrected chi connectivity index (χ2v) is 3.78. The number of hydrogen-bond acceptors (Lipinski definition) is 3. The molecule has 0 aliphatic carbocycles. The number of anilines is 1. The van der Waals surface area contributed by atoms with Crippen molar-refractivity contribution in [2.75, 3.05) is 19.5 Å². The standard InChI is InChI=1S/C10H11BrFNO2.2C2H6/c1-5-4-6(10(14)15-3)9(13-2)8(12)7(5)11;2*1-2/h4,13H,1-3H3;2*1-2H3. The minimum Gasteiger partial charge on any atom is -0.465 e. The van der Waals surface area contributed by atoms with E-state index in [0.717, 1.165) is 0 Å². The van der Waals surface area contributed by atoms with Gasteiger partial charge in [-0.2, -0.15) is 0 Å². The number of rotatable bonds is 2. The molecule has 0 aromatic heterocycles. The van der Waals surface area contributed by atoms with Gasteiger partial charge in [0.15, 0.2) is 5.82 Å². The topological polar surface area (TPSA) is 38.3 Å². The molecule has 0 saturated heterocycles. The van der Waals surface area contributed by atoms with Gasteiger partial charge in [-0.15, -0.1) is 0 Å². The molecule has 1 aromatic rings. The van der Waals surface area contributed by atoms with E-state index in [-0.39, 0.29) is 11.3 Å². The van der Waals surface area contributed by atoms with Crippen molar-refractivity contribution in [2.24, 2.45) is 0 Å². The Bertz CT molecular complexity index is 409. The molecule has 0 bridgehead atoms. The molecule has 0 aliphatic rings. The van der Waals surface area contributed by atoms with E-state index in [1.807, 2.05) is 27.7 Å². The van der Waals surface area contributed by atoms with E-state index in [4.69, 9.17) is 0 Å². The number of ether oxygens (including phenoxy) is 1. The third kappa shape index (κ3) is 5.19. The highest BCUT2D eigenvalue weighted by atomic mass is 79.9. The van der Waals surface area contributed by atoms with Crippen molar-refractivity contribution >= 4 is 27.6 Å². The second kappa shape index (κ2) is 10.8. The van der Waals surface area contributed by atoms with Crippen molar-refractivity contribution in [2.45, 2.75) is 34.6 Å². The third-order valence-corrected chi connectivity index (χ3v) is 3.02. The van der Waals surface area contributed by atoms with Gasteiger partial charge >= 0.3 is 5.97 Å². The average molecular weight is 336 g/mol. The summed E-state index contributed by atoms with van der Waals surface area (Å²) in [5.41, 5.74) is 0.976. The fourth-order valence-electron chi connectivity index (χ4n) is 1.27. The van der Waals surface area contributed by atoms with Gasteiger partial charge in [-0.1, -0.05) is 27.7 Å². The van der Waals surface area contributed by atoms with E-state index in [2.05, 4.69) is 26.0 Å². The first kappa shape index (κ1) is 20.2. The van der Waals surface area contributed by atoms with Crippen LogP contribution in [0.15, 0.2) is 10.5 Å². The Labute approximate surface area is 123 Å². The van der Waals surface area contributed by atoms with Crippen LogP contribution in [0.3, 0.4) is 0 Å². The van der Waals surface area contributed by atoms with Crippen LogP contribution in [0.1, 0.15) is 43.6 Å². The molecule has 0 unspecified atom stereocenters. The molecule has 1 rings (SSSR count). The summed E-state index contributed by atoms with van der Waals surface area (Å²) >= 11 is 3.11. The Morgan fingerprint density at radius 3 is 2.16 bits per heavy atom. The van der Waals surface area contributed by atoms with Gasteiger partial charge in [-0.25, -0.2) is 9.18 Å². The molecule has 0 aliphatic heterocycles. The van der Waals surface area contributed by atoms with Crippen LogP contribution in [0.2, 0.25) is 0 Å². The summed E-state index contributed by atoms with van der Waals surface area (Å²) in [6.07, 6.45) is 0. The fourth-order valence-corrected chi connectivity index (χ4v) is 1.58. The van der Waals surface area contributed by atoms with Crippen LogP contribution in [-0.4, -0.2) is 20.1 Å². The van der Waals surface area contributed by atoms with Gasteiger partial charge < -0.3 is 10.1 Å². The maximum absolute atomic E-state index is 13.7. The Morgan fingerprint density at radius 1 is 1.32 bits per heavy atom. The number of methoxy groups -OCH3 is 1. The van der Waals surface area contributed by atoms with Gasteiger partial charge in [0.05, 0.1) is 22.8 Å². The summed E-state index contributed by atoms with van der Waals surface area (Å²) in [5, 5.41) is 2.64. The zero-order valence-corrected chi connectivity index (χ0v) is 14.2. The molecule has 0 atom stereocenters. The number of carbonyl (C=O) groups excluding carboxylic acids is 1. The lowest BCUT2D eigenvalue weighted by Gasteiger charge is -2.11. The normalized spacial score (nSPS) is 8.47. The van der Waals surface area contributed by atoms with Crippen LogP contribution in [0.4, 0.5) is 10.1 Å². The number of hydrogen-bond donors (Lipinski definition) is 1. The summed E-state index contributed by atoms with van der Waals surface area (Å²) in [5.74, 6) is -1.05. The van der Waals surface area contributed by atoms with Gasteiger partial charge in [0.2, 0.25) is 0 Å². The molecule has 19 heavy (non-hydrogen) atoms. The summed E-state index contributed by atoms with van der Waals surface area (Å²) in [4.78, 5) is 11.4. The monoisotopic (exact) mass is 335 g/mol. The molecule has 0 spiro atoms. The Kier molecular flexibility index (Phi) is 11.5. The van der Waals surface area contributed by atoms with Crippen molar-refractivity contribution in [3.8, 4) is 0 Å². The van der Waals surface area contributed by atoms with Crippen LogP contribution in [0.5, 0.6) is 0 Å². The lowest BCUT2D eigenvalue weighted by atomic mass is 10.1. The SMILES string of the molecule is CC.CC.CNc1c(C(=O)OC)cc(C)c(Br)c1F. The van der Waals surface area contributed by atoms with Crippen molar-refractivity contribution < 1.29 is 13.9 Å². The first-order valence-corrected chi connectivity index (χ1v) is 7.06. The van der Waals surface area contributed by atoms with Crippen molar-refractivity contribution in [3.63, 3.8) is 0 Å². The maximum Gasteiger partial charge on any atom is 0.340 e. The molecule has 110 valence electrons. The summed E-state index contributed by atoms with van der Waals surface area (Å²) < 4.78 is 18.6. The van der Waals surface area contributed by atoms with Crippen LogP contribution >= 0.6 is 15.9 Å². The highest BCUT2D eigenvalue weighted by molar-refractivity contribution is 9.10. The highest BCUT2D eigenvalue weighted by Gasteiger charge is 2.19. The van der Waals surface area contributed by atoms with E-state index in [1.165, 1.54) is 7.11 Å². The van der Waals surface area contributed by atoms with E-state index in [0.29, 0.717) is 10.0 Å². The molecular weight excluding hydrogens is 313 g/mol. The molecule has 0 amide bonds. The first-order valence-electron chi connectivity index (χ1n) is 6.27. The van der Waals surface area contributed by atoms with Gasteiger partial charge in [0.25, 0.3) is 0 Å². The number of halogens is 2. The summed E-state index contributed by atoms with van der Waals surface area (Å²) in [6.45, 7) is 9.71. The first-order chi connectivity index (χ1) is 9.02. The molecule has 5 heteroatoms. The minimum absolute atomic E-state index is 0.138. The highest BCUT2D eigenvalue weighted by Crippen LogP contribution is 2.30. The number of carbonyl (C=O) groups is 1. The lowest BCUT2D eigenvalue weighted by Crippen LogP contribution is -2.08. The third-order valence-electron chi connectivity index (χ3n) is 2.04. The van der Waals surface area contributed by atoms with E-state index in [1.54, 1.807) is 20.0 Å². The zero-order chi connectivity index (χ0) is 15.6. The molecule has 0 radical (unpaired) electrons. The van der Waals surface area contributed by atoms with Crippen molar-refractivity contribution in [1.29, 1.82) is 0 Å². The molecule has 1 N–H and O–H groups in total. The van der Waals surface area contributed by atoms with Gasteiger partial charge in [0.1, 0.15) is 0 Å². The van der Waals surface area contributed by atoms with Gasteiger partial charge in [-0.05, 0) is 34.5 Å².